The first-order chi connectivity index (χ1) is 6.81. The Balaban J connectivity index is 2.29. The van der Waals surface area contributed by atoms with Crippen LogP contribution in [0.4, 0.5) is 0 Å². The number of halogens is 1. The van der Waals surface area contributed by atoms with Gasteiger partial charge in [0.25, 0.3) is 5.88 Å². The largest absolute Gasteiger partial charge is 0.484 e. The van der Waals surface area contributed by atoms with E-state index in [1.54, 1.807) is 6.20 Å². The van der Waals surface area contributed by atoms with Gasteiger partial charge in [-0.3, -0.25) is 0 Å². The second-order valence-electron chi connectivity index (χ2n) is 3.14. The molecule has 1 atom stereocenters. The van der Waals surface area contributed by atoms with Crippen LogP contribution in [0.1, 0.15) is 24.3 Å². The maximum Gasteiger partial charge on any atom is 0.257 e. The number of fused-ring (bicyclic) bond motifs is 1. The van der Waals surface area contributed by atoms with Gasteiger partial charge in [0.05, 0.1) is 5.38 Å². The van der Waals surface area contributed by atoms with E-state index in [9.17, 15) is 0 Å². The lowest BCUT2D eigenvalue weighted by Crippen LogP contribution is -2.16. The highest BCUT2D eigenvalue weighted by atomic mass is 35.5. The monoisotopic (exact) mass is 213 g/mol. The number of ether oxygens (including phenoxy) is 2. The number of alkyl halides is 1. The van der Waals surface area contributed by atoms with Crippen molar-refractivity contribution < 1.29 is 9.47 Å². The Morgan fingerprint density at radius 3 is 3.07 bits per heavy atom. The van der Waals surface area contributed by atoms with Gasteiger partial charge >= 0.3 is 0 Å². The number of nitrogens with zero attached hydrogens (tertiary/aromatic N) is 1. The van der Waals surface area contributed by atoms with E-state index >= 15 is 0 Å². The maximum atomic E-state index is 6.10. The third-order valence-corrected chi connectivity index (χ3v) is 2.70. The van der Waals surface area contributed by atoms with Gasteiger partial charge in [0, 0.05) is 6.20 Å². The van der Waals surface area contributed by atoms with Crippen LogP contribution in [0.3, 0.4) is 0 Å². The van der Waals surface area contributed by atoms with E-state index in [2.05, 4.69) is 4.98 Å². The van der Waals surface area contributed by atoms with Crippen LogP contribution in [0, 0.1) is 0 Å². The van der Waals surface area contributed by atoms with Gasteiger partial charge in [0.15, 0.2) is 5.75 Å². The average Bonchev–Trinajstić information content (AvgIpc) is 2.27. The zero-order valence-electron chi connectivity index (χ0n) is 8.00. The normalized spacial score (nSPS) is 16.4. The van der Waals surface area contributed by atoms with Crippen molar-refractivity contribution in [3.63, 3.8) is 0 Å². The molecule has 1 aliphatic heterocycles. The summed E-state index contributed by atoms with van der Waals surface area (Å²) in [6.07, 6.45) is 2.62. The van der Waals surface area contributed by atoms with Crippen LogP contribution in [0.2, 0.25) is 0 Å². The van der Waals surface area contributed by atoms with Gasteiger partial charge in [0.2, 0.25) is 0 Å². The molecule has 3 nitrogen and oxygen atoms in total. The smallest absolute Gasteiger partial charge is 0.257 e. The van der Waals surface area contributed by atoms with Crippen molar-refractivity contribution in [3.8, 4) is 11.6 Å². The average molecular weight is 214 g/mol. The van der Waals surface area contributed by atoms with E-state index in [1.165, 1.54) is 0 Å². The van der Waals surface area contributed by atoms with Crippen molar-refractivity contribution in [2.24, 2.45) is 0 Å². The van der Waals surface area contributed by atoms with Gasteiger partial charge in [0.1, 0.15) is 13.2 Å². The first-order valence-corrected chi connectivity index (χ1v) is 5.14. The predicted molar refractivity (Wildman–Crippen MR) is 54.1 cm³/mol. The SMILES string of the molecule is CCC(Cl)c1cnc2c(c1)OCCO2. The third kappa shape index (κ3) is 1.77. The molecule has 0 aliphatic carbocycles. The molecular weight excluding hydrogens is 202 g/mol. The molecule has 1 aromatic heterocycles. The van der Waals surface area contributed by atoms with E-state index in [0.717, 1.165) is 12.0 Å². The van der Waals surface area contributed by atoms with Crippen LogP contribution in [0.25, 0.3) is 0 Å². The molecule has 0 N–H and O–H groups in total. The summed E-state index contributed by atoms with van der Waals surface area (Å²) in [6, 6.07) is 1.91. The Kier molecular flexibility index (Phi) is 2.77. The standard InChI is InChI=1S/C10H12ClNO2/c1-2-8(11)7-5-9-10(12-6-7)14-4-3-13-9/h5-6,8H,2-4H2,1H3. The second kappa shape index (κ2) is 4.05. The highest BCUT2D eigenvalue weighted by Crippen LogP contribution is 2.32. The molecule has 1 aromatic rings. The minimum absolute atomic E-state index is 0.00155. The summed E-state index contributed by atoms with van der Waals surface area (Å²) in [5.74, 6) is 1.27. The molecule has 4 heteroatoms. The number of rotatable bonds is 2. The second-order valence-corrected chi connectivity index (χ2v) is 3.67. The summed E-state index contributed by atoms with van der Waals surface area (Å²) in [5.41, 5.74) is 0.985. The topological polar surface area (TPSA) is 31.4 Å². The molecule has 1 unspecified atom stereocenters. The van der Waals surface area contributed by atoms with Crippen molar-refractivity contribution in [1.82, 2.24) is 4.98 Å². The molecule has 0 bridgehead atoms. The van der Waals surface area contributed by atoms with E-state index < -0.39 is 0 Å². The minimum atomic E-state index is -0.00155. The van der Waals surface area contributed by atoms with Crippen molar-refractivity contribution in [1.29, 1.82) is 0 Å². The molecule has 0 radical (unpaired) electrons. The summed E-state index contributed by atoms with van der Waals surface area (Å²) in [4.78, 5) is 4.16. The number of aromatic nitrogens is 1. The van der Waals surface area contributed by atoms with Gasteiger partial charge in [-0.1, -0.05) is 6.92 Å². The lowest BCUT2D eigenvalue weighted by atomic mass is 10.1. The molecule has 0 fully saturated rings. The molecule has 0 saturated carbocycles. The first kappa shape index (κ1) is 9.59. The van der Waals surface area contributed by atoms with Crippen LogP contribution in [-0.4, -0.2) is 18.2 Å². The Morgan fingerprint density at radius 2 is 2.29 bits per heavy atom. The summed E-state index contributed by atoms with van der Waals surface area (Å²) in [5, 5.41) is -0.00155. The number of hydrogen-bond acceptors (Lipinski definition) is 3. The Morgan fingerprint density at radius 1 is 1.50 bits per heavy atom. The lowest BCUT2D eigenvalue weighted by Gasteiger charge is -2.18. The van der Waals surface area contributed by atoms with Crippen LogP contribution >= 0.6 is 11.6 Å². The highest BCUT2D eigenvalue weighted by molar-refractivity contribution is 6.20. The van der Waals surface area contributed by atoms with Crippen LogP contribution in [0.5, 0.6) is 11.6 Å². The Bertz CT molecular complexity index is 330. The minimum Gasteiger partial charge on any atom is -0.484 e. The molecule has 2 heterocycles. The zero-order chi connectivity index (χ0) is 9.97. The van der Waals surface area contributed by atoms with Gasteiger partial charge in [-0.2, -0.15) is 0 Å². The molecule has 2 rings (SSSR count). The van der Waals surface area contributed by atoms with E-state index in [1.807, 2.05) is 13.0 Å². The Hall–Kier alpha value is -0.960. The van der Waals surface area contributed by atoms with E-state index in [4.69, 9.17) is 21.1 Å². The molecule has 0 amide bonds. The van der Waals surface area contributed by atoms with Crippen molar-refractivity contribution in [3.05, 3.63) is 17.8 Å². The van der Waals surface area contributed by atoms with Gasteiger partial charge in [-0.25, -0.2) is 4.98 Å². The zero-order valence-corrected chi connectivity index (χ0v) is 8.75. The predicted octanol–water partition coefficient (Wildman–Crippen LogP) is 2.54. The van der Waals surface area contributed by atoms with Gasteiger partial charge < -0.3 is 9.47 Å². The van der Waals surface area contributed by atoms with Gasteiger partial charge in [-0.05, 0) is 18.1 Å². The summed E-state index contributed by atoms with van der Waals surface area (Å²) in [7, 11) is 0. The molecule has 14 heavy (non-hydrogen) atoms. The summed E-state index contributed by atoms with van der Waals surface area (Å²) in [6.45, 7) is 3.18. The molecule has 0 spiro atoms. The molecular formula is C10H12ClNO2. The number of hydrogen-bond donors (Lipinski definition) is 0. The molecule has 76 valence electrons. The maximum absolute atomic E-state index is 6.10. The summed E-state index contributed by atoms with van der Waals surface area (Å²) < 4.78 is 10.7. The fourth-order valence-electron chi connectivity index (χ4n) is 1.36. The fourth-order valence-corrected chi connectivity index (χ4v) is 1.48. The van der Waals surface area contributed by atoms with Crippen molar-refractivity contribution >= 4 is 11.6 Å². The summed E-state index contributed by atoms with van der Waals surface area (Å²) >= 11 is 6.10. The highest BCUT2D eigenvalue weighted by Gasteiger charge is 2.15. The van der Waals surface area contributed by atoms with Crippen LogP contribution in [0.15, 0.2) is 12.3 Å². The van der Waals surface area contributed by atoms with Gasteiger partial charge in [-0.15, -0.1) is 11.6 Å². The molecule has 1 aliphatic rings. The van der Waals surface area contributed by atoms with Crippen LogP contribution in [-0.2, 0) is 0 Å². The lowest BCUT2D eigenvalue weighted by molar-refractivity contribution is 0.164. The van der Waals surface area contributed by atoms with E-state index in [-0.39, 0.29) is 5.38 Å². The van der Waals surface area contributed by atoms with Crippen molar-refractivity contribution in [2.75, 3.05) is 13.2 Å². The van der Waals surface area contributed by atoms with Crippen LogP contribution < -0.4 is 9.47 Å². The van der Waals surface area contributed by atoms with Crippen molar-refractivity contribution in [2.45, 2.75) is 18.7 Å². The third-order valence-electron chi connectivity index (χ3n) is 2.14. The molecule has 0 saturated heterocycles. The quantitative estimate of drug-likeness (QED) is 0.708. The number of pyridine rings is 1. The molecule has 0 aromatic carbocycles. The fraction of sp³-hybridized carbons (Fsp3) is 0.500. The first-order valence-electron chi connectivity index (χ1n) is 4.71. The Labute approximate surface area is 88.0 Å². The van der Waals surface area contributed by atoms with E-state index in [0.29, 0.717) is 24.8 Å².